The molecule has 190 valence electrons. The number of amides is 4. The molecule has 4 amide bonds. The highest BCUT2D eigenvalue weighted by atomic mass is 16.4. The third-order valence-electron chi connectivity index (χ3n) is 4.63. The molecule has 0 aromatic heterocycles. The number of carboxylic acids is 1. The van der Waals surface area contributed by atoms with E-state index in [1.54, 1.807) is 0 Å². The minimum absolute atomic E-state index is 0.0182. The van der Waals surface area contributed by atoms with Crippen molar-refractivity contribution in [1.82, 2.24) is 21.3 Å². The summed E-state index contributed by atoms with van der Waals surface area (Å²) in [4.78, 5) is 60.0. The highest BCUT2D eigenvalue weighted by Gasteiger charge is 2.29. The van der Waals surface area contributed by atoms with Crippen molar-refractivity contribution < 1.29 is 34.2 Å². The summed E-state index contributed by atoms with van der Waals surface area (Å²) in [6.45, 7) is 4.13. The molecular weight excluding hydrogens is 436 g/mol. The molecule has 0 rings (SSSR count). The van der Waals surface area contributed by atoms with E-state index in [4.69, 9.17) is 16.6 Å². The molecular formula is C20H38N6O7. The third kappa shape index (κ3) is 12.7. The fourth-order valence-corrected chi connectivity index (χ4v) is 2.78. The fourth-order valence-electron chi connectivity index (χ4n) is 2.78. The average molecular weight is 475 g/mol. The normalized spacial score (nSPS) is 14.5. The third-order valence-corrected chi connectivity index (χ3v) is 4.63. The van der Waals surface area contributed by atoms with Crippen LogP contribution in [0.1, 0.15) is 46.5 Å². The average Bonchev–Trinajstić information content (AvgIpc) is 2.74. The molecule has 33 heavy (non-hydrogen) atoms. The van der Waals surface area contributed by atoms with Crippen LogP contribution in [-0.2, 0) is 24.0 Å². The van der Waals surface area contributed by atoms with Crippen molar-refractivity contribution in [3.8, 4) is 0 Å². The van der Waals surface area contributed by atoms with Crippen LogP contribution >= 0.6 is 0 Å². The summed E-state index contributed by atoms with van der Waals surface area (Å²) in [7, 11) is 0. The Morgan fingerprint density at radius 3 is 1.97 bits per heavy atom. The summed E-state index contributed by atoms with van der Waals surface area (Å²) >= 11 is 0. The second-order valence-corrected chi connectivity index (χ2v) is 8.17. The van der Waals surface area contributed by atoms with Gasteiger partial charge in [-0.1, -0.05) is 20.3 Å². The summed E-state index contributed by atoms with van der Waals surface area (Å²) in [6.07, 6.45) is 2.04. The van der Waals surface area contributed by atoms with Gasteiger partial charge >= 0.3 is 5.97 Å². The first-order chi connectivity index (χ1) is 15.4. The molecule has 0 fully saturated rings. The molecule has 0 saturated heterocycles. The number of aliphatic hydroxyl groups is 1. The molecule has 0 aromatic rings. The number of aliphatic carboxylic acids is 1. The highest BCUT2D eigenvalue weighted by Crippen LogP contribution is 2.06. The first kappa shape index (κ1) is 30.2. The Balaban J connectivity index is 5.02. The van der Waals surface area contributed by atoms with Gasteiger partial charge < -0.3 is 42.9 Å². The van der Waals surface area contributed by atoms with Gasteiger partial charge in [0.15, 0.2) is 0 Å². The lowest BCUT2D eigenvalue weighted by molar-refractivity contribution is -0.139. The van der Waals surface area contributed by atoms with E-state index in [0.29, 0.717) is 19.4 Å². The van der Waals surface area contributed by atoms with E-state index in [0.717, 1.165) is 6.42 Å². The summed E-state index contributed by atoms with van der Waals surface area (Å²) in [5.41, 5.74) is 11.2. The number of aliphatic hydroxyl groups excluding tert-OH is 1. The van der Waals surface area contributed by atoms with Gasteiger partial charge in [0.05, 0.1) is 12.6 Å². The van der Waals surface area contributed by atoms with Crippen molar-refractivity contribution in [2.45, 2.75) is 70.6 Å². The fraction of sp³-hybridized carbons (Fsp3) is 0.750. The maximum absolute atomic E-state index is 12.7. The highest BCUT2D eigenvalue weighted by molar-refractivity contribution is 5.95. The van der Waals surface area contributed by atoms with Gasteiger partial charge in [-0.05, 0) is 38.6 Å². The predicted octanol–water partition coefficient (Wildman–Crippen LogP) is -2.84. The minimum atomic E-state index is -1.40. The van der Waals surface area contributed by atoms with Crippen LogP contribution in [0.15, 0.2) is 0 Å². The standard InChI is InChI=1S/C20H38N6O7/c1-11(2)8-14(20(33)26-15(10-27)19(32)23-9-16(28)29)25-17(30)12(3)24-18(31)13(22)6-4-5-7-21/h11-15,27H,4-10,21-22H2,1-3H3,(H,23,32)(H,24,31)(H,25,30)(H,26,33)(H,28,29)/t12-,13-,14-,15-/m0/s1. The van der Waals surface area contributed by atoms with E-state index in [9.17, 15) is 29.1 Å². The topological polar surface area (TPSA) is 226 Å². The quantitative estimate of drug-likeness (QED) is 0.108. The number of nitrogens with one attached hydrogen (secondary N) is 4. The Bertz CT molecular complexity index is 673. The maximum Gasteiger partial charge on any atom is 0.322 e. The molecule has 0 radical (unpaired) electrons. The molecule has 0 bridgehead atoms. The Morgan fingerprint density at radius 1 is 0.848 bits per heavy atom. The van der Waals surface area contributed by atoms with Crippen LogP contribution < -0.4 is 32.7 Å². The van der Waals surface area contributed by atoms with Crippen molar-refractivity contribution in [1.29, 1.82) is 0 Å². The minimum Gasteiger partial charge on any atom is -0.480 e. The van der Waals surface area contributed by atoms with E-state index in [1.165, 1.54) is 6.92 Å². The smallest absolute Gasteiger partial charge is 0.322 e. The largest absolute Gasteiger partial charge is 0.480 e. The lowest BCUT2D eigenvalue weighted by Gasteiger charge is -2.25. The van der Waals surface area contributed by atoms with Crippen LogP contribution in [-0.4, -0.2) is 83.7 Å². The predicted molar refractivity (Wildman–Crippen MR) is 120 cm³/mol. The number of carbonyl (C=O) groups excluding carboxylic acids is 4. The number of rotatable bonds is 16. The molecule has 0 heterocycles. The summed E-state index contributed by atoms with van der Waals surface area (Å²) in [6, 6.07) is -4.23. The molecule has 0 aliphatic rings. The Labute approximate surface area is 193 Å². The first-order valence-electron chi connectivity index (χ1n) is 10.9. The zero-order valence-electron chi connectivity index (χ0n) is 19.4. The van der Waals surface area contributed by atoms with Crippen LogP contribution in [0.4, 0.5) is 0 Å². The van der Waals surface area contributed by atoms with Crippen LogP contribution in [0.2, 0.25) is 0 Å². The molecule has 13 nitrogen and oxygen atoms in total. The molecule has 0 saturated carbocycles. The first-order valence-corrected chi connectivity index (χ1v) is 10.9. The zero-order chi connectivity index (χ0) is 25.6. The number of hydrogen-bond acceptors (Lipinski definition) is 8. The van der Waals surface area contributed by atoms with Gasteiger partial charge in [-0.3, -0.25) is 24.0 Å². The number of carboxylic acid groups (broad SMARTS) is 1. The molecule has 0 spiro atoms. The van der Waals surface area contributed by atoms with Gasteiger partial charge in [-0.15, -0.1) is 0 Å². The summed E-state index contributed by atoms with van der Waals surface area (Å²) in [5, 5.41) is 27.4. The molecule has 0 aromatic carbocycles. The van der Waals surface area contributed by atoms with Gasteiger partial charge in [-0.2, -0.15) is 0 Å². The van der Waals surface area contributed by atoms with Gasteiger partial charge in [0.1, 0.15) is 24.7 Å². The number of hydrogen-bond donors (Lipinski definition) is 8. The van der Waals surface area contributed by atoms with Crippen LogP contribution in [0.5, 0.6) is 0 Å². The number of unbranched alkanes of at least 4 members (excludes halogenated alkanes) is 1. The molecule has 0 aliphatic heterocycles. The Hall–Kier alpha value is -2.77. The number of carbonyl (C=O) groups is 5. The Morgan fingerprint density at radius 2 is 1.45 bits per heavy atom. The van der Waals surface area contributed by atoms with Crippen molar-refractivity contribution in [2.75, 3.05) is 19.7 Å². The Kier molecular flexibility index (Phi) is 14.6. The monoisotopic (exact) mass is 474 g/mol. The van der Waals surface area contributed by atoms with Crippen LogP contribution in [0.25, 0.3) is 0 Å². The van der Waals surface area contributed by atoms with E-state index in [1.807, 2.05) is 13.8 Å². The molecule has 0 aliphatic carbocycles. The van der Waals surface area contributed by atoms with E-state index in [2.05, 4.69) is 21.3 Å². The van der Waals surface area contributed by atoms with Crippen LogP contribution in [0, 0.1) is 5.92 Å². The molecule has 10 N–H and O–H groups in total. The van der Waals surface area contributed by atoms with E-state index in [-0.39, 0.29) is 12.3 Å². The molecule has 0 unspecified atom stereocenters. The van der Waals surface area contributed by atoms with Crippen molar-refractivity contribution in [3.05, 3.63) is 0 Å². The van der Waals surface area contributed by atoms with E-state index < -0.39 is 66.9 Å². The number of nitrogens with two attached hydrogens (primary N) is 2. The van der Waals surface area contributed by atoms with Gasteiger partial charge in [0, 0.05) is 0 Å². The lowest BCUT2D eigenvalue weighted by atomic mass is 10.0. The molecule has 4 atom stereocenters. The second-order valence-electron chi connectivity index (χ2n) is 8.17. The second kappa shape index (κ2) is 15.9. The van der Waals surface area contributed by atoms with Crippen molar-refractivity contribution in [2.24, 2.45) is 17.4 Å². The lowest BCUT2D eigenvalue weighted by Crippen LogP contribution is -2.58. The summed E-state index contributed by atoms with van der Waals surface area (Å²) in [5.74, 6) is -4.06. The molecule has 13 heteroatoms. The maximum atomic E-state index is 12.7. The van der Waals surface area contributed by atoms with E-state index >= 15 is 0 Å². The van der Waals surface area contributed by atoms with Gasteiger partial charge in [0.25, 0.3) is 0 Å². The van der Waals surface area contributed by atoms with Crippen molar-refractivity contribution in [3.63, 3.8) is 0 Å². The van der Waals surface area contributed by atoms with Crippen molar-refractivity contribution >= 4 is 29.6 Å². The van der Waals surface area contributed by atoms with Gasteiger partial charge in [-0.25, -0.2) is 0 Å². The van der Waals surface area contributed by atoms with Crippen LogP contribution in [0.3, 0.4) is 0 Å². The zero-order valence-corrected chi connectivity index (χ0v) is 19.4. The summed E-state index contributed by atoms with van der Waals surface area (Å²) < 4.78 is 0. The van der Waals surface area contributed by atoms with Gasteiger partial charge in [0.2, 0.25) is 23.6 Å². The SMILES string of the molecule is CC(C)C[C@H](NC(=O)[C@H](C)NC(=O)[C@@H](N)CCCCN)C(=O)N[C@@H](CO)C(=O)NCC(=O)O.